The van der Waals surface area contributed by atoms with Crippen LogP contribution in [0.3, 0.4) is 0 Å². The minimum Gasteiger partial charge on any atom is -0.353 e. The lowest BCUT2D eigenvalue weighted by Crippen LogP contribution is -2.44. The summed E-state index contributed by atoms with van der Waals surface area (Å²) in [6, 6.07) is -0.351. The van der Waals surface area contributed by atoms with Crippen LogP contribution in [0.15, 0.2) is 0 Å². The number of carbonyl (C=O) groups excluding carboxylic acids is 1. The molecule has 1 aliphatic rings. The van der Waals surface area contributed by atoms with Crippen LogP contribution in [0.1, 0.15) is 39.5 Å². The number of piperidine rings is 1. The van der Waals surface area contributed by atoms with Gasteiger partial charge in [0.2, 0.25) is 5.91 Å². The third kappa shape index (κ3) is 6.03. The second-order valence-corrected chi connectivity index (χ2v) is 5.43. The standard InChI is InChI=1S/C13H27N3O/c1-11(2)10-12(14)13(17)15-6-9-16-7-4-3-5-8-16/h11-12H,3-10,14H2,1-2H3,(H,15,17). The number of amides is 1. The van der Waals surface area contributed by atoms with Gasteiger partial charge < -0.3 is 16.0 Å². The minimum atomic E-state index is -0.351. The summed E-state index contributed by atoms with van der Waals surface area (Å²) in [6.45, 7) is 8.20. The average molecular weight is 241 g/mol. The Morgan fingerprint density at radius 2 is 1.94 bits per heavy atom. The maximum Gasteiger partial charge on any atom is 0.236 e. The van der Waals surface area contributed by atoms with Gasteiger partial charge in [-0.25, -0.2) is 0 Å². The third-order valence-electron chi connectivity index (χ3n) is 3.24. The molecular weight excluding hydrogens is 214 g/mol. The average Bonchev–Trinajstić information content (AvgIpc) is 2.29. The Morgan fingerprint density at radius 1 is 1.29 bits per heavy atom. The zero-order chi connectivity index (χ0) is 12.7. The van der Waals surface area contributed by atoms with E-state index < -0.39 is 0 Å². The van der Waals surface area contributed by atoms with Gasteiger partial charge in [0, 0.05) is 13.1 Å². The van der Waals surface area contributed by atoms with E-state index in [0.717, 1.165) is 19.5 Å². The fourth-order valence-corrected chi connectivity index (χ4v) is 2.27. The summed E-state index contributed by atoms with van der Waals surface area (Å²) in [5, 5.41) is 2.93. The molecule has 1 rings (SSSR count). The van der Waals surface area contributed by atoms with Gasteiger partial charge in [-0.15, -0.1) is 0 Å². The predicted octanol–water partition coefficient (Wildman–Crippen LogP) is 0.962. The SMILES string of the molecule is CC(C)CC(N)C(=O)NCCN1CCCCC1. The molecule has 0 spiro atoms. The Morgan fingerprint density at radius 3 is 2.53 bits per heavy atom. The zero-order valence-corrected chi connectivity index (χ0v) is 11.2. The maximum atomic E-state index is 11.7. The minimum absolute atomic E-state index is 0.00397. The molecule has 0 radical (unpaired) electrons. The molecule has 0 bridgehead atoms. The first-order valence-corrected chi connectivity index (χ1v) is 6.85. The van der Waals surface area contributed by atoms with Gasteiger partial charge in [-0.05, 0) is 38.3 Å². The van der Waals surface area contributed by atoms with Crippen molar-refractivity contribution in [2.24, 2.45) is 11.7 Å². The summed E-state index contributed by atoms with van der Waals surface area (Å²) in [5.74, 6) is 0.466. The molecule has 100 valence electrons. The van der Waals surface area contributed by atoms with Crippen molar-refractivity contribution in [2.75, 3.05) is 26.2 Å². The van der Waals surface area contributed by atoms with Crippen molar-refractivity contribution in [1.82, 2.24) is 10.2 Å². The van der Waals surface area contributed by atoms with E-state index in [0.29, 0.717) is 5.92 Å². The summed E-state index contributed by atoms with van der Waals surface area (Å²) in [7, 11) is 0. The van der Waals surface area contributed by atoms with Crippen LogP contribution >= 0.6 is 0 Å². The van der Waals surface area contributed by atoms with E-state index in [1.807, 2.05) is 0 Å². The molecule has 0 aromatic carbocycles. The van der Waals surface area contributed by atoms with Crippen LogP contribution in [-0.2, 0) is 4.79 Å². The van der Waals surface area contributed by atoms with Crippen LogP contribution in [0.2, 0.25) is 0 Å². The molecule has 4 heteroatoms. The first kappa shape index (κ1) is 14.5. The van der Waals surface area contributed by atoms with Gasteiger partial charge >= 0.3 is 0 Å². The number of nitrogens with zero attached hydrogens (tertiary/aromatic N) is 1. The Kier molecular flexibility index (Phi) is 6.52. The first-order valence-electron chi connectivity index (χ1n) is 6.85. The number of hydrogen-bond donors (Lipinski definition) is 2. The van der Waals surface area contributed by atoms with Crippen molar-refractivity contribution >= 4 is 5.91 Å². The van der Waals surface area contributed by atoms with Crippen molar-refractivity contribution < 1.29 is 4.79 Å². The summed E-state index contributed by atoms with van der Waals surface area (Å²) in [6.07, 6.45) is 4.69. The molecule has 0 aromatic heterocycles. The highest BCUT2D eigenvalue weighted by molar-refractivity contribution is 5.81. The highest BCUT2D eigenvalue weighted by Gasteiger charge is 2.15. The number of hydrogen-bond acceptors (Lipinski definition) is 3. The molecule has 0 saturated carbocycles. The maximum absolute atomic E-state index is 11.7. The van der Waals surface area contributed by atoms with Crippen molar-refractivity contribution in [1.29, 1.82) is 0 Å². The zero-order valence-electron chi connectivity index (χ0n) is 11.2. The van der Waals surface area contributed by atoms with Crippen molar-refractivity contribution in [3.8, 4) is 0 Å². The lowest BCUT2D eigenvalue weighted by atomic mass is 10.0. The van der Waals surface area contributed by atoms with E-state index in [2.05, 4.69) is 24.1 Å². The van der Waals surface area contributed by atoms with Crippen molar-refractivity contribution in [2.45, 2.75) is 45.6 Å². The molecule has 1 atom stereocenters. The Balaban J connectivity index is 2.10. The number of likely N-dealkylation sites (tertiary alicyclic amines) is 1. The molecule has 3 N–H and O–H groups in total. The molecule has 0 aliphatic carbocycles. The fourth-order valence-electron chi connectivity index (χ4n) is 2.27. The molecule has 17 heavy (non-hydrogen) atoms. The monoisotopic (exact) mass is 241 g/mol. The summed E-state index contributed by atoms with van der Waals surface area (Å²) >= 11 is 0. The van der Waals surface area contributed by atoms with Crippen LogP contribution in [0, 0.1) is 5.92 Å². The van der Waals surface area contributed by atoms with Crippen LogP contribution < -0.4 is 11.1 Å². The number of rotatable bonds is 6. The highest BCUT2D eigenvalue weighted by atomic mass is 16.2. The van der Waals surface area contributed by atoms with Gasteiger partial charge in [0.15, 0.2) is 0 Å². The molecule has 1 heterocycles. The number of nitrogens with one attached hydrogen (secondary N) is 1. The molecular formula is C13H27N3O. The van der Waals surface area contributed by atoms with Gasteiger partial charge in [0.25, 0.3) is 0 Å². The largest absolute Gasteiger partial charge is 0.353 e. The normalized spacial score (nSPS) is 19.3. The molecule has 4 nitrogen and oxygen atoms in total. The summed E-state index contributed by atoms with van der Waals surface area (Å²) in [4.78, 5) is 14.1. The Labute approximate surface area is 105 Å². The van der Waals surface area contributed by atoms with Crippen LogP contribution in [0.25, 0.3) is 0 Å². The Bertz CT molecular complexity index is 225. The second kappa shape index (κ2) is 7.67. The fraction of sp³-hybridized carbons (Fsp3) is 0.923. The summed E-state index contributed by atoms with van der Waals surface area (Å²) < 4.78 is 0. The van der Waals surface area contributed by atoms with E-state index in [1.54, 1.807) is 0 Å². The van der Waals surface area contributed by atoms with Gasteiger partial charge in [0.05, 0.1) is 6.04 Å². The molecule has 1 unspecified atom stereocenters. The van der Waals surface area contributed by atoms with E-state index in [4.69, 9.17) is 5.73 Å². The first-order chi connectivity index (χ1) is 8.09. The Hall–Kier alpha value is -0.610. The number of carbonyl (C=O) groups is 1. The van der Waals surface area contributed by atoms with Crippen molar-refractivity contribution in [3.05, 3.63) is 0 Å². The summed E-state index contributed by atoms with van der Waals surface area (Å²) in [5.41, 5.74) is 5.81. The van der Waals surface area contributed by atoms with Crippen LogP contribution in [0.5, 0.6) is 0 Å². The van der Waals surface area contributed by atoms with Gasteiger partial charge in [0.1, 0.15) is 0 Å². The third-order valence-corrected chi connectivity index (χ3v) is 3.24. The van der Waals surface area contributed by atoms with Gasteiger partial charge in [-0.1, -0.05) is 20.3 Å². The van der Waals surface area contributed by atoms with E-state index in [-0.39, 0.29) is 11.9 Å². The van der Waals surface area contributed by atoms with E-state index in [1.165, 1.54) is 32.4 Å². The second-order valence-electron chi connectivity index (χ2n) is 5.43. The van der Waals surface area contributed by atoms with Crippen LogP contribution in [0.4, 0.5) is 0 Å². The molecule has 1 saturated heterocycles. The van der Waals surface area contributed by atoms with Crippen LogP contribution in [-0.4, -0.2) is 43.0 Å². The predicted molar refractivity (Wildman–Crippen MR) is 70.7 cm³/mol. The highest BCUT2D eigenvalue weighted by Crippen LogP contribution is 2.07. The molecule has 1 aliphatic heterocycles. The topological polar surface area (TPSA) is 58.4 Å². The quantitative estimate of drug-likeness (QED) is 0.728. The van der Waals surface area contributed by atoms with E-state index >= 15 is 0 Å². The lowest BCUT2D eigenvalue weighted by molar-refractivity contribution is -0.122. The lowest BCUT2D eigenvalue weighted by Gasteiger charge is -2.26. The molecule has 1 fully saturated rings. The van der Waals surface area contributed by atoms with Crippen molar-refractivity contribution in [3.63, 3.8) is 0 Å². The molecule has 0 aromatic rings. The smallest absolute Gasteiger partial charge is 0.236 e. The number of nitrogens with two attached hydrogens (primary N) is 1. The molecule has 1 amide bonds. The van der Waals surface area contributed by atoms with Gasteiger partial charge in [-0.2, -0.15) is 0 Å². The van der Waals surface area contributed by atoms with Gasteiger partial charge in [-0.3, -0.25) is 4.79 Å². The van der Waals surface area contributed by atoms with E-state index in [9.17, 15) is 4.79 Å².